The molecule has 1 aromatic heterocycles. The van der Waals surface area contributed by atoms with Crippen LogP contribution in [0.15, 0.2) is 76.2 Å². The third kappa shape index (κ3) is 4.74. The van der Waals surface area contributed by atoms with Crippen LogP contribution in [0.2, 0.25) is 5.02 Å². The van der Waals surface area contributed by atoms with Crippen molar-refractivity contribution in [3.05, 3.63) is 77.7 Å². The zero-order valence-corrected chi connectivity index (χ0v) is 19.5. The van der Waals surface area contributed by atoms with E-state index in [1.807, 2.05) is 0 Å². The molecule has 1 saturated heterocycles. The van der Waals surface area contributed by atoms with E-state index in [9.17, 15) is 22.8 Å². The summed E-state index contributed by atoms with van der Waals surface area (Å²) in [6.07, 6.45) is 1.06. The maximum atomic E-state index is 13.6. The summed E-state index contributed by atoms with van der Waals surface area (Å²) in [6, 6.07) is 13.6. The van der Waals surface area contributed by atoms with Gasteiger partial charge in [-0.05, 0) is 60.7 Å². The van der Waals surface area contributed by atoms with Crippen molar-refractivity contribution in [2.45, 2.75) is 30.8 Å². The molecule has 1 atom stereocenters. The minimum atomic E-state index is -4.23. The largest absolute Gasteiger partial charge is 0.468 e. The van der Waals surface area contributed by atoms with Crippen LogP contribution in [0.5, 0.6) is 0 Å². The second-order valence-corrected chi connectivity index (χ2v) is 9.93. The van der Waals surface area contributed by atoms with Crippen molar-refractivity contribution in [1.29, 1.82) is 0 Å². The molecule has 11 heteroatoms. The van der Waals surface area contributed by atoms with Crippen LogP contribution in [0.3, 0.4) is 0 Å². The summed E-state index contributed by atoms with van der Waals surface area (Å²) in [5.74, 6) is -1.19. The van der Waals surface area contributed by atoms with Gasteiger partial charge < -0.3 is 9.73 Å². The van der Waals surface area contributed by atoms with Gasteiger partial charge in [-0.1, -0.05) is 11.6 Å². The number of sulfonamides is 1. The molecule has 34 heavy (non-hydrogen) atoms. The fraction of sp³-hybridized carbons (Fsp3) is 0.174. The van der Waals surface area contributed by atoms with Crippen LogP contribution < -0.4 is 10.2 Å². The number of amides is 3. The first-order valence-corrected chi connectivity index (χ1v) is 12.0. The van der Waals surface area contributed by atoms with Crippen LogP contribution in [-0.2, 0) is 31.0 Å². The number of benzene rings is 2. The van der Waals surface area contributed by atoms with Crippen molar-refractivity contribution in [2.75, 3.05) is 10.2 Å². The highest BCUT2D eigenvalue weighted by atomic mass is 35.5. The maximum absolute atomic E-state index is 13.6. The first-order valence-electron chi connectivity index (χ1n) is 10.2. The lowest BCUT2D eigenvalue weighted by Gasteiger charge is -2.26. The second kappa shape index (κ2) is 9.41. The molecule has 4 rings (SSSR count). The first-order chi connectivity index (χ1) is 16.2. The van der Waals surface area contributed by atoms with Crippen molar-refractivity contribution in [3.8, 4) is 0 Å². The van der Waals surface area contributed by atoms with Gasteiger partial charge in [0.15, 0.2) is 0 Å². The Hall–Kier alpha value is -3.47. The average molecular weight is 502 g/mol. The fourth-order valence-electron chi connectivity index (χ4n) is 3.67. The Morgan fingerprint density at radius 3 is 2.38 bits per heavy atom. The van der Waals surface area contributed by atoms with Crippen molar-refractivity contribution in [2.24, 2.45) is 0 Å². The van der Waals surface area contributed by atoms with Crippen LogP contribution in [0, 0.1) is 0 Å². The Balaban J connectivity index is 1.70. The second-order valence-electron chi connectivity index (χ2n) is 7.60. The number of carbonyl (C=O) groups excluding carboxylic acids is 3. The van der Waals surface area contributed by atoms with Gasteiger partial charge in [-0.25, -0.2) is 13.3 Å². The van der Waals surface area contributed by atoms with E-state index >= 15 is 0 Å². The summed E-state index contributed by atoms with van der Waals surface area (Å²) in [7, 11) is -4.23. The molecule has 0 bridgehead atoms. The van der Waals surface area contributed by atoms with Gasteiger partial charge in [0.1, 0.15) is 11.8 Å². The molecule has 0 radical (unpaired) electrons. The minimum absolute atomic E-state index is 0.0987. The summed E-state index contributed by atoms with van der Waals surface area (Å²) >= 11 is 5.91. The molecule has 1 N–H and O–H groups in total. The molecular formula is C23H20ClN3O6S. The van der Waals surface area contributed by atoms with Gasteiger partial charge in [0.05, 0.1) is 29.8 Å². The van der Waals surface area contributed by atoms with Crippen molar-refractivity contribution < 1.29 is 27.2 Å². The summed E-state index contributed by atoms with van der Waals surface area (Å²) in [5.41, 5.74) is 0.724. The van der Waals surface area contributed by atoms with Gasteiger partial charge in [-0.15, -0.1) is 0 Å². The average Bonchev–Trinajstić information content (AvgIpc) is 3.40. The van der Waals surface area contributed by atoms with E-state index in [0.717, 1.165) is 9.21 Å². The van der Waals surface area contributed by atoms with E-state index in [-0.39, 0.29) is 23.8 Å². The molecule has 1 aliphatic rings. The molecule has 9 nitrogen and oxygen atoms in total. The van der Waals surface area contributed by atoms with Gasteiger partial charge in [0, 0.05) is 17.6 Å². The number of nitrogens with one attached hydrogen (secondary N) is 1. The van der Waals surface area contributed by atoms with Crippen LogP contribution in [0.1, 0.15) is 19.1 Å². The van der Waals surface area contributed by atoms with Crippen molar-refractivity contribution in [1.82, 2.24) is 4.31 Å². The summed E-state index contributed by atoms with van der Waals surface area (Å²) in [4.78, 5) is 38.2. The number of anilines is 2. The van der Waals surface area contributed by atoms with E-state index < -0.39 is 27.9 Å². The van der Waals surface area contributed by atoms with Crippen LogP contribution in [0.4, 0.5) is 11.4 Å². The number of carbonyl (C=O) groups is 3. The first kappa shape index (κ1) is 23.7. The topological polar surface area (TPSA) is 117 Å². The predicted octanol–water partition coefficient (Wildman–Crippen LogP) is 3.41. The van der Waals surface area contributed by atoms with Gasteiger partial charge in [0.2, 0.25) is 21.8 Å². The van der Waals surface area contributed by atoms with Gasteiger partial charge >= 0.3 is 0 Å². The monoisotopic (exact) mass is 501 g/mol. The van der Waals surface area contributed by atoms with E-state index in [4.69, 9.17) is 16.0 Å². The molecule has 1 unspecified atom stereocenters. The molecule has 3 aromatic rings. The molecule has 1 aliphatic heterocycles. The number of hydrogen-bond acceptors (Lipinski definition) is 6. The standard InChI is InChI=1S/C23H20ClN3O6S/c1-15(28)25-17-6-10-20(11-7-17)34(31,32)26(14-19-3-2-12-33-19)21-13-22(29)27(23(21)30)18-8-4-16(24)5-9-18/h2-12,21H,13-14H2,1H3,(H,25,28). The fourth-order valence-corrected chi connectivity index (χ4v) is 5.34. The molecule has 0 aliphatic carbocycles. The van der Waals surface area contributed by atoms with E-state index in [1.165, 1.54) is 49.6 Å². The summed E-state index contributed by atoms with van der Waals surface area (Å²) < 4.78 is 33.5. The lowest BCUT2D eigenvalue weighted by atomic mass is 10.2. The highest BCUT2D eigenvalue weighted by molar-refractivity contribution is 7.89. The summed E-state index contributed by atoms with van der Waals surface area (Å²) in [6.45, 7) is 1.09. The zero-order chi connectivity index (χ0) is 24.5. The van der Waals surface area contributed by atoms with E-state index in [0.29, 0.717) is 22.2 Å². The highest BCUT2D eigenvalue weighted by Gasteiger charge is 2.47. The summed E-state index contributed by atoms with van der Waals surface area (Å²) in [5, 5.41) is 3.00. The smallest absolute Gasteiger partial charge is 0.252 e. The Morgan fingerprint density at radius 1 is 1.12 bits per heavy atom. The lowest BCUT2D eigenvalue weighted by molar-refractivity contribution is -0.122. The molecule has 2 heterocycles. The molecule has 176 valence electrons. The van der Waals surface area contributed by atoms with E-state index in [1.54, 1.807) is 24.3 Å². The van der Waals surface area contributed by atoms with Crippen molar-refractivity contribution >= 4 is 50.7 Å². The Morgan fingerprint density at radius 2 is 1.79 bits per heavy atom. The molecular weight excluding hydrogens is 482 g/mol. The maximum Gasteiger partial charge on any atom is 0.252 e. The predicted molar refractivity (Wildman–Crippen MR) is 125 cm³/mol. The van der Waals surface area contributed by atoms with Crippen LogP contribution in [0.25, 0.3) is 0 Å². The molecule has 0 saturated carbocycles. The number of rotatable bonds is 7. The number of furan rings is 1. The van der Waals surface area contributed by atoms with Gasteiger partial charge in [-0.2, -0.15) is 4.31 Å². The minimum Gasteiger partial charge on any atom is -0.468 e. The number of halogens is 1. The highest BCUT2D eigenvalue weighted by Crippen LogP contribution is 2.31. The number of imide groups is 1. The third-order valence-corrected chi connectivity index (χ3v) is 7.35. The van der Waals surface area contributed by atoms with Crippen LogP contribution >= 0.6 is 11.6 Å². The third-order valence-electron chi connectivity index (χ3n) is 5.23. The van der Waals surface area contributed by atoms with Crippen molar-refractivity contribution in [3.63, 3.8) is 0 Å². The quantitative estimate of drug-likeness (QED) is 0.496. The Labute approximate surface area is 201 Å². The molecule has 1 fully saturated rings. The zero-order valence-electron chi connectivity index (χ0n) is 18.0. The number of hydrogen-bond donors (Lipinski definition) is 1. The SMILES string of the molecule is CC(=O)Nc1ccc(S(=O)(=O)N(Cc2ccco2)C2CC(=O)N(c3ccc(Cl)cc3)C2=O)cc1. The van der Waals surface area contributed by atoms with Crippen LogP contribution in [-0.4, -0.2) is 36.5 Å². The van der Waals surface area contributed by atoms with E-state index in [2.05, 4.69) is 5.32 Å². The lowest BCUT2D eigenvalue weighted by Crippen LogP contribution is -2.45. The number of nitrogens with zero attached hydrogens (tertiary/aromatic N) is 2. The molecule has 0 spiro atoms. The normalized spacial score (nSPS) is 16.3. The molecule has 3 amide bonds. The Bertz CT molecular complexity index is 1320. The molecule has 2 aromatic carbocycles. The van der Waals surface area contributed by atoms with Gasteiger partial charge in [-0.3, -0.25) is 14.4 Å². The van der Waals surface area contributed by atoms with Gasteiger partial charge in [0.25, 0.3) is 5.91 Å². The Kier molecular flexibility index (Phi) is 6.56.